The fourth-order valence-electron chi connectivity index (χ4n) is 3.60. The number of carbonyl (C=O) groups is 1. The van der Waals surface area contributed by atoms with Gasteiger partial charge < -0.3 is 16.4 Å². The van der Waals surface area contributed by atoms with Gasteiger partial charge in [-0.1, -0.05) is 29.8 Å². The van der Waals surface area contributed by atoms with Crippen LogP contribution in [0.4, 0.5) is 0 Å². The molecule has 3 rings (SSSR count). The van der Waals surface area contributed by atoms with E-state index in [0.717, 1.165) is 31.5 Å². The van der Waals surface area contributed by atoms with Gasteiger partial charge in [0.25, 0.3) is 0 Å². The molecule has 4 N–H and O–H groups in total. The summed E-state index contributed by atoms with van der Waals surface area (Å²) in [5.74, 6) is 1.10. The highest BCUT2D eigenvalue weighted by molar-refractivity contribution is 5.83. The van der Waals surface area contributed by atoms with Gasteiger partial charge in [0, 0.05) is 19.1 Å². The fourth-order valence-corrected chi connectivity index (χ4v) is 3.60. The van der Waals surface area contributed by atoms with Crippen LogP contribution in [-0.4, -0.2) is 29.9 Å². The number of hydrogen-bond acceptors (Lipinski definition) is 3. The Bertz CT molecular complexity index is 499. The third kappa shape index (κ3) is 2.34. The van der Waals surface area contributed by atoms with Crippen LogP contribution in [0.5, 0.6) is 0 Å². The number of fused-ring (bicyclic) bond motifs is 1. The van der Waals surface area contributed by atoms with E-state index in [1.165, 1.54) is 5.56 Å². The average molecular weight is 273 g/mol. The minimum atomic E-state index is -0.550. The Hall–Kier alpha value is -1.39. The molecule has 4 heteroatoms. The summed E-state index contributed by atoms with van der Waals surface area (Å²) in [6.45, 7) is 3.64. The monoisotopic (exact) mass is 273 g/mol. The quantitative estimate of drug-likeness (QED) is 0.850. The number of amides is 1. The maximum absolute atomic E-state index is 12.5. The predicted molar refractivity (Wildman–Crippen MR) is 78.9 cm³/mol. The number of benzene rings is 1. The Morgan fingerprint density at radius 2 is 1.95 bits per heavy atom. The van der Waals surface area contributed by atoms with Crippen LogP contribution in [0.1, 0.15) is 30.0 Å². The molecule has 108 valence electrons. The van der Waals surface area contributed by atoms with Gasteiger partial charge in [0.15, 0.2) is 0 Å². The minimum Gasteiger partial charge on any atom is -0.340 e. The van der Waals surface area contributed by atoms with Gasteiger partial charge in [-0.3, -0.25) is 4.79 Å². The number of carbonyl (C=O) groups excluding carboxylic acids is 1. The molecule has 0 bridgehead atoms. The lowest BCUT2D eigenvalue weighted by Crippen LogP contribution is -2.39. The van der Waals surface area contributed by atoms with Gasteiger partial charge in [-0.25, -0.2) is 0 Å². The summed E-state index contributed by atoms with van der Waals surface area (Å²) < 4.78 is 0. The molecule has 1 saturated carbocycles. The number of nitrogens with two attached hydrogens (primary N) is 2. The molecule has 1 aromatic rings. The van der Waals surface area contributed by atoms with Gasteiger partial charge in [0.05, 0.1) is 0 Å². The van der Waals surface area contributed by atoms with Crippen LogP contribution >= 0.6 is 0 Å². The molecular weight excluding hydrogens is 250 g/mol. The Labute approximate surface area is 120 Å². The molecule has 2 fully saturated rings. The van der Waals surface area contributed by atoms with E-state index < -0.39 is 6.04 Å². The van der Waals surface area contributed by atoms with Crippen LogP contribution < -0.4 is 11.5 Å². The van der Waals surface area contributed by atoms with Crippen molar-refractivity contribution in [3.8, 4) is 0 Å². The molecule has 1 aliphatic heterocycles. The first kappa shape index (κ1) is 13.6. The second-order valence-electron chi connectivity index (χ2n) is 6.30. The third-order valence-corrected chi connectivity index (χ3v) is 4.93. The topological polar surface area (TPSA) is 72.4 Å². The summed E-state index contributed by atoms with van der Waals surface area (Å²) in [6, 6.07) is 7.59. The molecule has 4 unspecified atom stereocenters. The van der Waals surface area contributed by atoms with Crippen molar-refractivity contribution in [1.82, 2.24) is 4.90 Å². The molecule has 20 heavy (non-hydrogen) atoms. The van der Waals surface area contributed by atoms with Crippen LogP contribution in [0.2, 0.25) is 0 Å². The highest BCUT2D eigenvalue weighted by atomic mass is 16.2. The van der Waals surface area contributed by atoms with Crippen molar-refractivity contribution in [3.63, 3.8) is 0 Å². The van der Waals surface area contributed by atoms with E-state index in [0.29, 0.717) is 11.8 Å². The third-order valence-electron chi connectivity index (χ3n) is 4.93. The number of likely N-dealkylation sites (tertiary alicyclic amines) is 1. The summed E-state index contributed by atoms with van der Waals surface area (Å²) in [4.78, 5) is 14.4. The average Bonchev–Trinajstić information content (AvgIpc) is 3.01. The first-order valence-electron chi connectivity index (χ1n) is 7.43. The molecular formula is C16H23N3O. The van der Waals surface area contributed by atoms with Gasteiger partial charge in [-0.2, -0.15) is 0 Å². The highest BCUT2D eigenvalue weighted by Gasteiger charge is 2.43. The zero-order valence-corrected chi connectivity index (χ0v) is 12.0. The molecule has 1 heterocycles. The van der Waals surface area contributed by atoms with Gasteiger partial charge >= 0.3 is 0 Å². The van der Waals surface area contributed by atoms with E-state index in [9.17, 15) is 4.79 Å². The zero-order chi connectivity index (χ0) is 14.3. The van der Waals surface area contributed by atoms with Crippen LogP contribution in [0, 0.1) is 18.8 Å². The fraction of sp³-hybridized carbons (Fsp3) is 0.562. The van der Waals surface area contributed by atoms with Gasteiger partial charge in [0.2, 0.25) is 5.91 Å². The van der Waals surface area contributed by atoms with Crippen molar-refractivity contribution in [3.05, 3.63) is 35.4 Å². The normalized spacial score (nSPS) is 30.4. The van der Waals surface area contributed by atoms with Crippen molar-refractivity contribution >= 4 is 5.91 Å². The Morgan fingerprint density at radius 1 is 1.25 bits per heavy atom. The molecule has 0 aromatic heterocycles. The van der Waals surface area contributed by atoms with Crippen LogP contribution in [0.3, 0.4) is 0 Å². The summed E-state index contributed by atoms with van der Waals surface area (Å²) in [6.07, 6.45) is 2.25. The molecule has 2 aliphatic rings. The lowest BCUT2D eigenvalue weighted by Gasteiger charge is -2.22. The second-order valence-corrected chi connectivity index (χ2v) is 6.30. The molecule has 1 amide bonds. The largest absolute Gasteiger partial charge is 0.340 e. The van der Waals surface area contributed by atoms with Crippen LogP contribution in [0.25, 0.3) is 0 Å². The van der Waals surface area contributed by atoms with E-state index in [1.807, 2.05) is 36.1 Å². The van der Waals surface area contributed by atoms with E-state index in [2.05, 4.69) is 0 Å². The Balaban J connectivity index is 1.69. The minimum absolute atomic E-state index is 0.0375. The van der Waals surface area contributed by atoms with Crippen molar-refractivity contribution in [2.75, 3.05) is 13.1 Å². The van der Waals surface area contributed by atoms with Gasteiger partial charge in [-0.15, -0.1) is 0 Å². The van der Waals surface area contributed by atoms with Gasteiger partial charge in [0.1, 0.15) is 6.04 Å². The number of aryl methyl sites for hydroxylation is 1. The van der Waals surface area contributed by atoms with Crippen molar-refractivity contribution in [1.29, 1.82) is 0 Å². The van der Waals surface area contributed by atoms with Crippen molar-refractivity contribution in [2.24, 2.45) is 23.3 Å². The second kappa shape index (κ2) is 5.19. The number of hydrogen-bond donors (Lipinski definition) is 2. The molecule has 1 saturated heterocycles. The SMILES string of the molecule is Cc1ccc(C(N)C(=O)N2CC3CCC(N)C3C2)cc1. The Morgan fingerprint density at radius 3 is 2.60 bits per heavy atom. The van der Waals surface area contributed by atoms with E-state index in [4.69, 9.17) is 11.5 Å². The van der Waals surface area contributed by atoms with Crippen molar-refractivity contribution in [2.45, 2.75) is 31.8 Å². The summed E-state index contributed by atoms with van der Waals surface area (Å²) >= 11 is 0. The maximum Gasteiger partial charge on any atom is 0.244 e. The summed E-state index contributed by atoms with van der Waals surface area (Å²) in [5, 5.41) is 0. The highest BCUT2D eigenvalue weighted by Crippen LogP contribution is 2.37. The molecule has 0 spiro atoms. The maximum atomic E-state index is 12.5. The molecule has 4 nitrogen and oxygen atoms in total. The first-order valence-corrected chi connectivity index (χ1v) is 7.43. The number of nitrogens with zero attached hydrogens (tertiary/aromatic N) is 1. The molecule has 4 atom stereocenters. The van der Waals surface area contributed by atoms with E-state index in [1.54, 1.807) is 0 Å². The van der Waals surface area contributed by atoms with Crippen LogP contribution in [0.15, 0.2) is 24.3 Å². The first-order chi connectivity index (χ1) is 9.56. The van der Waals surface area contributed by atoms with E-state index in [-0.39, 0.29) is 11.9 Å². The molecule has 1 aromatic carbocycles. The van der Waals surface area contributed by atoms with Gasteiger partial charge in [-0.05, 0) is 37.2 Å². The predicted octanol–water partition coefficient (Wildman–Crippen LogP) is 1.19. The molecule has 0 radical (unpaired) electrons. The summed E-state index contributed by atoms with van der Waals surface area (Å²) in [5.41, 5.74) is 14.3. The zero-order valence-electron chi connectivity index (χ0n) is 12.0. The standard InChI is InChI=1S/C16H23N3O/c1-10-2-4-11(5-3-10)15(18)16(20)19-8-12-6-7-14(17)13(12)9-19/h2-5,12-15H,6-9,17-18H2,1H3. The lowest BCUT2D eigenvalue weighted by molar-refractivity contribution is -0.132. The smallest absolute Gasteiger partial charge is 0.244 e. The lowest BCUT2D eigenvalue weighted by atomic mass is 9.98. The molecule has 1 aliphatic carbocycles. The van der Waals surface area contributed by atoms with E-state index >= 15 is 0 Å². The Kier molecular flexibility index (Phi) is 3.52. The van der Waals surface area contributed by atoms with Crippen molar-refractivity contribution < 1.29 is 4.79 Å². The van der Waals surface area contributed by atoms with Crippen LogP contribution in [-0.2, 0) is 4.79 Å². The summed E-state index contributed by atoms with van der Waals surface area (Å²) in [7, 11) is 0. The number of rotatable bonds is 2.